The lowest BCUT2D eigenvalue weighted by Crippen LogP contribution is -2.44. The molecule has 1 saturated heterocycles. The van der Waals surface area contributed by atoms with Gasteiger partial charge in [-0.05, 0) is 42.0 Å². The van der Waals surface area contributed by atoms with Crippen LogP contribution in [0.2, 0.25) is 15.1 Å². The second-order valence-corrected chi connectivity index (χ2v) is 6.59. The van der Waals surface area contributed by atoms with E-state index in [4.69, 9.17) is 34.8 Å². The van der Waals surface area contributed by atoms with Crippen molar-refractivity contribution in [2.24, 2.45) is 5.10 Å². The van der Waals surface area contributed by atoms with Gasteiger partial charge < -0.3 is 4.90 Å². The fourth-order valence-electron chi connectivity index (χ4n) is 2.46. The predicted octanol–water partition coefficient (Wildman–Crippen LogP) is 4.80. The Morgan fingerprint density at radius 1 is 0.826 bits per heavy atom. The summed E-state index contributed by atoms with van der Waals surface area (Å²) in [6.45, 7) is 3.61. The number of hydrogen-bond acceptors (Lipinski definition) is 3. The largest absolute Gasteiger partial charge is 0.368 e. The van der Waals surface area contributed by atoms with Crippen LogP contribution in [0, 0.1) is 0 Å². The number of piperazine rings is 1. The van der Waals surface area contributed by atoms with Gasteiger partial charge in [-0.2, -0.15) is 5.10 Å². The SMILES string of the molecule is Clc1ccc(N2CCN(/N=C\c3ccc(Cl)c(Cl)c3)CC2)cc1. The van der Waals surface area contributed by atoms with E-state index in [1.54, 1.807) is 6.07 Å². The number of rotatable bonds is 3. The van der Waals surface area contributed by atoms with Crippen LogP contribution in [-0.4, -0.2) is 37.4 Å². The second-order valence-electron chi connectivity index (χ2n) is 5.34. The summed E-state index contributed by atoms with van der Waals surface area (Å²) < 4.78 is 0. The zero-order valence-corrected chi connectivity index (χ0v) is 14.7. The van der Waals surface area contributed by atoms with Gasteiger partial charge in [0.15, 0.2) is 0 Å². The third-order valence-corrected chi connectivity index (χ3v) is 4.75. The highest BCUT2D eigenvalue weighted by atomic mass is 35.5. The Labute approximate surface area is 151 Å². The molecular weight excluding hydrogens is 353 g/mol. The number of anilines is 1. The van der Waals surface area contributed by atoms with Crippen LogP contribution in [0.4, 0.5) is 5.69 Å². The van der Waals surface area contributed by atoms with Gasteiger partial charge in [-0.25, -0.2) is 0 Å². The van der Waals surface area contributed by atoms with Crippen LogP contribution in [0.3, 0.4) is 0 Å². The molecule has 0 aliphatic carbocycles. The zero-order chi connectivity index (χ0) is 16.2. The maximum atomic E-state index is 6.01. The van der Waals surface area contributed by atoms with E-state index in [9.17, 15) is 0 Å². The van der Waals surface area contributed by atoms with Crippen LogP contribution in [0.15, 0.2) is 47.6 Å². The van der Waals surface area contributed by atoms with Crippen LogP contribution in [0.25, 0.3) is 0 Å². The Hall–Kier alpha value is -1.42. The molecule has 1 heterocycles. The first-order valence-electron chi connectivity index (χ1n) is 7.36. The summed E-state index contributed by atoms with van der Waals surface area (Å²) in [5.41, 5.74) is 2.14. The minimum atomic E-state index is 0.545. The molecule has 3 rings (SSSR count). The van der Waals surface area contributed by atoms with Crippen LogP contribution >= 0.6 is 34.8 Å². The number of hydrogen-bond donors (Lipinski definition) is 0. The molecule has 0 radical (unpaired) electrons. The molecular formula is C17H16Cl3N3. The zero-order valence-electron chi connectivity index (χ0n) is 12.4. The van der Waals surface area contributed by atoms with Crippen molar-refractivity contribution in [1.82, 2.24) is 5.01 Å². The number of benzene rings is 2. The van der Waals surface area contributed by atoms with E-state index in [2.05, 4.69) is 27.1 Å². The Kier molecular flexibility index (Phi) is 5.31. The molecule has 0 saturated carbocycles. The summed E-state index contributed by atoms with van der Waals surface area (Å²) >= 11 is 17.9. The predicted molar refractivity (Wildman–Crippen MR) is 99.3 cm³/mol. The molecule has 23 heavy (non-hydrogen) atoms. The third-order valence-electron chi connectivity index (χ3n) is 3.76. The maximum absolute atomic E-state index is 6.01. The van der Waals surface area contributed by atoms with Crippen LogP contribution in [-0.2, 0) is 0 Å². The summed E-state index contributed by atoms with van der Waals surface area (Å²) in [7, 11) is 0. The van der Waals surface area contributed by atoms with E-state index in [0.717, 1.165) is 36.8 Å². The van der Waals surface area contributed by atoms with Crippen molar-refractivity contribution in [3.8, 4) is 0 Å². The Morgan fingerprint density at radius 3 is 2.17 bits per heavy atom. The van der Waals surface area contributed by atoms with E-state index < -0.39 is 0 Å². The van der Waals surface area contributed by atoms with Crippen molar-refractivity contribution >= 4 is 46.7 Å². The van der Waals surface area contributed by atoms with Crippen molar-refractivity contribution in [2.75, 3.05) is 31.1 Å². The minimum Gasteiger partial charge on any atom is -0.368 e. The van der Waals surface area contributed by atoms with Gasteiger partial charge in [0.2, 0.25) is 0 Å². The molecule has 1 fully saturated rings. The average molecular weight is 369 g/mol. The molecule has 0 unspecified atom stereocenters. The first-order valence-corrected chi connectivity index (χ1v) is 8.50. The van der Waals surface area contributed by atoms with Crippen molar-refractivity contribution in [3.63, 3.8) is 0 Å². The van der Waals surface area contributed by atoms with Crippen LogP contribution in [0.5, 0.6) is 0 Å². The Morgan fingerprint density at radius 2 is 1.52 bits per heavy atom. The van der Waals surface area contributed by atoms with E-state index >= 15 is 0 Å². The first kappa shape index (κ1) is 16.4. The van der Waals surface area contributed by atoms with E-state index in [0.29, 0.717) is 10.0 Å². The summed E-state index contributed by atoms with van der Waals surface area (Å²) in [6.07, 6.45) is 1.82. The lowest BCUT2D eigenvalue weighted by atomic mass is 10.2. The molecule has 0 amide bonds. The number of nitrogens with zero attached hydrogens (tertiary/aromatic N) is 3. The smallest absolute Gasteiger partial charge is 0.0598 e. The molecule has 3 nitrogen and oxygen atoms in total. The highest BCUT2D eigenvalue weighted by molar-refractivity contribution is 6.42. The average Bonchev–Trinajstić information content (AvgIpc) is 2.57. The van der Waals surface area contributed by atoms with Crippen LogP contribution < -0.4 is 4.90 Å². The van der Waals surface area contributed by atoms with E-state index in [1.807, 2.05) is 30.5 Å². The van der Waals surface area contributed by atoms with Crippen molar-refractivity contribution in [1.29, 1.82) is 0 Å². The molecule has 1 aliphatic heterocycles. The molecule has 0 atom stereocenters. The lowest BCUT2D eigenvalue weighted by Gasteiger charge is -2.34. The Bertz CT molecular complexity index is 693. The molecule has 2 aromatic carbocycles. The van der Waals surface area contributed by atoms with Gasteiger partial charge in [0.25, 0.3) is 0 Å². The van der Waals surface area contributed by atoms with Gasteiger partial charge in [0, 0.05) is 23.8 Å². The summed E-state index contributed by atoms with van der Waals surface area (Å²) in [6, 6.07) is 13.5. The standard InChI is InChI=1S/C17H16Cl3N3/c18-14-2-4-15(5-3-14)22-7-9-23(10-8-22)21-12-13-1-6-16(19)17(20)11-13/h1-6,11-12H,7-10H2/b21-12-. The topological polar surface area (TPSA) is 18.8 Å². The number of hydrazone groups is 1. The maximum Gasteiger partial charge on any atom is 0.0598 e. The Balaban J connectivity index is 1.57. The summed E-state index contributed by atoms with van der Waals surface area (Å²) in [4.78, 5) is 2.33. The van der Waals surface area contributed by atoms with Gasteiger partial charge >= 0.3 is 0 Å². The van der Waals surface area contributed by atoms with Gasteiger partial charge in [-0.1, -0.05) is 40.9 Å². The van der Waals surface area contributed by atoms with Gasteiger partial charge in [0.1, 0.15) is 0 Å². The molecule has 1 aliphatic rings. The molecule has 0 bridgehead atoms. The van der Waals surface area contributed by atoms with E-state index in [1.165, 1.54) is 5.69 Å². The monoisotopic (exact) mass is 367 g/mol. The molecule has 0 aromatic heterocycles. The first-order chi connectivity index (χ1) is 11.1. The van der Waals surface area contributed by atoms with Crippen molar-refractivity contribution in [3.05, 3.63) is 63.1 Å². The van der Waals surface area contributed by atoms with Gasteiger partial charge in [-0.15, -0.1) is 0 Å². The molecule has 0 spiro atoms. The van der Waals surface area contributed by atoms with Gasteiger partial charge in [0.05, 0.1) is 29.3 Å². The molecule has 0 N–H and O–H groups in total. The molecule has 6 heteroatoms. The molecule has 120 valence electrons. The number of halogens is 3. The van der Waals surface area contributed by atoms with Crippen molar-refractivity contribution < 1.29 is 0 Å². The normalized spacial score (nSPS) is 15.4. The van der Waals surface area contributed by atoms with Crippen LogP contribution in [0.1, 0.15) is 5.56 Å². The van der Waals surface area contributed by atoms with E-state index in [-0.39, 0.29) is 0 Å². The second kappa shape index (κ2) is 7.43. The highest BCUT2D eigenvalue weighted by Crippen LogP contribution is 2.22. The quantitative estimate of drug-likeness (QED) is 0.724. The fourth-order valence-corrected chi connectivity index (χ4v) is 2.89. The summed E-state index contributed by atoms with van der Waals surface area (Å²) in [5.74, 6) is 0. The third kappa shape index (κ3) is 4.31. The lowest BCUT2D eigenvalue weighted by molar-refractivity contribution is 0.272. The van der Waals surface area contributed by atoms with Gasteiger partial charge in [-0.3, -0.25) is 5.01 Å². The fraction of sp³-hybridized carbons (Fsp3) is 0.235. The highest BCUT2D eigenvalue weighted by Gasteiger charge is 2.15. The summed E-state index contributed by atoms with van der Waals surface area (Å²) in [5, 5.41) is 8.45. The van der Waals surface area contributed by atoms with Crippen molar-refractivity contribution in [2.45, 2.75) is 0 Å². The molecule has 2 aromatic rings. The minimum absolute atomic E-state index is 0.545.